The van der Waals surface area contributed by atoms with Crippen molar-refractivity contribution in [3.8, 4) is 11.5 Å². The zero-order valence-corrected chi connectivity index (χ0v) is 10.7. The molecule has 0 spiro atoms. The Bertz CT molecular complexity index is 522. The molecule has 0 fully saturated rings. The Morgan fingerprint density at radius 1 is 1.21 bits per heavy atom. The highest BCUT2D eigenvalue weighted by molar-refractivity contribution is 5.70. The summed E-state index contributed by atoms with van der Waals surface area (Å²) in [7, 11) is 0. The van der Waals surface area contributed by atoms with Crippen LogP contribution in [0.15, 0.2) is 30.5 Å². The lowest BCUT2D eigenvalue weighted by Crippen LogP contribution is -2.08. The first-order valence-corrected chi connectivity index (χ1v) is 6.03. The van der Waals surface area contributed by atoms with Crippen LogP contribution in [-0.4, -0.2) is 34.5 Å². The molecular formula is C13H15N3O3. The van der Waals surface area contributed by atoms with Gasteiger partial charge in [0.15, 0.2) is 6.29 Å². The fourth-order valence-electron chi connectivity index (χ4n) is 1.53. The fraction of sp³-hybridized carbons (Fsp3) is 0.308. The van der Waals surface area contributed by atoms with Crippen LogP contribution < -0.4 is 9.47 Å². The van der Waals surface area contributed by atoms with Crippen molar-refractivity contribution in [1.82, 2.24) is 15.0 Å². The van der Waals surface area contributed by atoms with E-state index in [4.69, 9.17) is 9.47 Å². The van der Waals surface area contributed by atoms with E-state index in [0.29, 0.717) is 31.7 Å². The average Bonchev–Trinajstić information content (AvgIpc) is 2.89. The van der Waals surface area contributed by atoms with Gasteiger partial charge in [-0.2, -0.15) is 0 Å². The van der Waals surface area contributed by atoms with Crippen molar-refractivity contribution in [3.63, 3.8) is 0 Å². The molecule has 2 aromatic rings. The van der Waals surface area contributed by atoms with E-state index in [1.165, 1.54) is 0 Å². The molecule has 0 atom stereocenters. The molecule has 100 valence electrons. The first-order chi connectivity index (χ1) is 9.31. The van der Waals surface area contributed by atoms with Crippen LogP contribution in [0, 0.1) is 0 Å². The van der Waals surface area contributed by atoms with Crippen LogP contribution in [0.5, 0.6) is 11.5 Å². The number of rotatable bonds is 7. The van der Waals surface area contributed by atoms with Crippen molar-refractivity contribution in [3.05, 3.63) is 36.2 Å². The minimum atomic E-state index is 0.320. The lowest BCUT2D eigenvalue weighted by atomic mass is 10.3. The summed E-state index contributed by atoms with van der Waals surface area (Å²) in [6.07, 6.45) is 2.24. The van der Waals surface area contributed by atoms with Gasteiger partial charge in [0.25, 0.3) is 0 Å². The number of carbonyl (C=O) groups excluding carboxylic acids is 1. The van der Waals surface area contributed by atoms with Crippen LogP contribution in [0.1, 0.15) is 17.4 Å². The lowest BCUT2D eigenvalue weighted by Gasteiger charge is -2.07. The highest BCUT2D eigenvalue weighted by Crippen LogP contribution is 2.17. The summed E-state index contributed by atoms with van der Waals surface area (Å²) in [5.74, 6) is 1.58. The van der Waals surface area contributed by atoms with Gasteiger partial charge in [-0.05, 0) is 31.2 Å². The number of nitrogens with zero attached hydrogens (tertiary/aromatic N) is 3. The van der Waals surface area contributed by atoms with Crippen molar-refractivity contribution in [2.75, 3.05) is 13.2 Å². The molecule has 6 nitrogen and oxygen atoms in total. The molecule has 0 saturated carbocycles. The van der Waals surface area contributed by atoms with Crippen LogP contribution >= 0.6 is 0 Å². The van der Waals surface area contributed by atoms with Crippen molar-refractivity contribution in [1.29, 1.82) is 0 Å². The quantitative estimate of drug-likeness (QED) is 0.708. The number of carbonyl (C=O) groups is 1. The van der Waals surface area contributed by atoms with Crippen LogP contribution in [0.2, 0.25) is 0 Å². The van der Waals surface area contributed by atoms with E-state index < -0.39 is 0 Å². The Labute approximate surface area is 110 Å². The summed E-state index contributed by atoms with van der Waals surface area (Å²) >= 11 is 0. The molecule has 19 heavy (non-hydrogen) atoms. The molecule has 6 heteroatoms. The summed E-state index contributed by atoms with van der Waals surface area (Å²) in [5.41, 5.74) is 0.320. The molecule has 0 saturated heterocycles. The molecule has 0 unspecified atom stereocenters. The Morgan fingerprint density at radius 2 is 1.89 bits per heavy atom. The van der Waals surface area contributed by atoms with Gasteiger partial charge in [-0.25, -0.2) is 4.68 Å². The summed E-state index contributed by atoms with van der Waals surface area (Å²) in [6.45, 7) is 3.57. The molecule has 0 bridgehead atoms. The minimum Gasteiger partial charge on any atom is -0.494 e. The number of aromatic nitrogens is 3. The van der Waals surface area contributed by atoms with Gasteiger partial charge < -0.3 is 9.47 Å². The Kier molecular flexibility index (Phi) is 4.49. The molecule has 0 N–H and O–H groups in total. The van der Waals surface area contributed by atoms with E-state index in [-0.39, 0.29) is 0 Å². The zero-order chi connectivity index (χ0) is 13.5. The van der Waals surface area contributed by atoms with Gasteiger partial charge >= 0.3 is 0 Å². The summed E-state index contributed by atoms with van der Waals surface area (Å²) in [4.78, 5) is 10.4. The predicted molar refractivity (Wildman–Crippen MR) is 68.5 cm³/mol. The molecule has 1 heterocycles. The second-order valence-corrected chi connectivity index (χ2v) is 3.78. The molecule has 0 aliphatic carbocycles. The Balaban J connectivity index is 1.80. The average molecular weight is 261 g/mol. The van der Waals surface area contributed by atoms with Gasteiger partial charge in [0.05, 0.1) is 19.3 Å². The smallest absolute Gasteiger partial charge is 0.171 e. The number of hydrogen-bond acceptors (Lipinski definition) is 5. The molecule has 2 rings (SSSR count). The van der Waals surface area contributed by atoms with Crippen LogP contribution in [-0.2, 0) is 6.54 Å². The van der Waals surface area contributed by atoms with Crippen molar-refractivity contribution < 1.29 is 14.3 Å². The van der Waals surface area contributed by atoms with Gasteiger partial charge in [0.2, 0.25) is 0 Å². The molecular weight excluding hydrogens is 246 g/mol. The summed E-state index contributed by atoms with van der Waals surface area (Å²) < 4.78 is 12.5. The standard InChI is InChI=1S/C13H15N3O3/c1-2-18-12-3-5-13(6-4-12)19-8-7-16-9-11(10-17)14-15-16/h3-6,9-10H,2,7-8H2,1H3. The van der Waals surface area contributed by atoms with E-state index in [0.717, 1.165) is 11.5 Å². The van der Waals surface area contributed by atoms with E-state index in [9.17, 15) is 4.79 Å². The Morgan fingerprint density at radius 3 is 2.47 bits per heavy atom. The third-order valence-corrected chi connectivity index (χ3v) is 2.40. The molecule has 1 aromatic carbocycles. The topological polar surface area (TPSA) is 66.2 Å². The SMILES string of the molecule is CCOc1ccc(OCCn2cc(C=O)nn2)cc1. The summed E-state index contributed by atoms with van der Waals surface area (Å²) in [5, 5.41) is 7.46. The van der Waals surface area contributed by atoms with Gasteiger partial charge in [-0.15, -0.1) is 5.10 Å². The maximum absolute atomic E-state index is 10.4. The molecule has 0 radical (unpaired) electrons. The first kappa shape index (κ1) is 13.1. The third kappa shape index (κ3) is 3.80. The van der Waals surface area contributed by atoms with E-state index in [2.05, 4.69) is 10.3 Å². The highest BCUT2D eigenvalue weighted by Gasteiger charge is 2.00. The van der Waals surface area contributed by atoms with E-state index in [1.54, 1.807) is 10.9 Å². The van der Waals surface area contributed by atoms with E-state index >= 15 is 0 Å². The fourth-order valence-corrected chi connectivity index (χ4v) is 1.53. The maximum atomic E-state index is 10.4. The van der Waals surface area contributed by atoms with Gasteiger partial charge in [0, 0.05) is 0 Å². The number of ether oxygens (including phenoxy) is 2. The Hall–Kier alpha value is -2.37. The van der Waals surface area contributed by atoms with Gasteiger partial charge in [-0.1, -0.05) is 5.21 Å². The van der Waals surface area contributed by atoms with Crippen molar-refractivity contribution in [2.24, 2.45) is 0 Å². The maximum Gasteiger partial charge on any atom is 0.171 e. The second-order valence-electron chi connectivity index (χ2n) is 3.78. The van der Waals surface area contributed by atoms with Crippen LogP contribution in [0.3, 0.4) is 0 Å². The normalized spacial score (nSPS) is 10.2. The molecule has 0 amide bonds. The van der Waals surface area contributed by atoms with Crippen LogP contribution in [0.25, 0.3) is 0 Å². The largest absolute Gasteiger partial charge is 0.494 e. The molecule has 0 aliphatic rings. The van der Waals surface area contributed by atoms with Crippen molar-refractivity contribution >= 4 is 6.29 Å². The van der Waals surface area contributed by atoms with Gasteiger partial charge in [-0.3, -0.25) is 4.79 Å². The lowest BCUT2D eigenvalue weighted by molar-refractivity contribution is 0.111. The van der Waals surface area contributed by atoms with E-state index in [1.807, 2.05) is 31.2 Å². The first-order valence-electron chi connectivity index (χ1n) is 6.03. The third-order valence-electron chi connectivity index (χ3n) is 2.40. The predicted octanol–water partition coefficient (Wildman–Crippen LogP) is 1.57. The second kappa shape index (κ2) is 6.53. The van der Waals surface area contributed by atoms with Gasteiger partial charge in [0.1, 0.15) is 23.8 Å². The minimum absolute atomic E-state index is 0.320. The summed E-state index contributed by atoms with van der Waals surface area (Å²) in [6, 6.07) is 7.42. The van der Waals surface area contributed by atoms with Crippen LogP contribution in [0.4, 0.5) is 0 Å². The molecule has 0 aliphatic heterocycles. The molecule has 1 aromatic heterocycles. The zero-order valence-electron chi connectivity index (χ0n) is 10.7. The number of aldehydes is 1. The highest BCUT2D eigenvalue weighted by atomic mass is 16.5. The number of benzene rings is 1. The van der Waals surface area contributed by atoms with Crippen molar-refractivity contribution in [2.45, 2.75) is 13.5 Å². The number of hydrogen-bond donors (Lipinski definition) is 0. The monoisotopic (exact) mass is 261 g/mol.